The van der Waals surface area contributed by atoms with Crippen LogP contribution in [0.15, 0.2) is 30.5 Å². The van der Waals surface area contributed by atoms with E-state index < -0.39 is 0 Å². The lowest BCUT2D eigenvalue weighted by Gasteiger charge is -2.05. The zero-order chi connectivity index (χ0) is 15.8. The Morgan fingerprint density at radius 2 is 2.14 bits per heavy atom. The van der Waals surface area contributed by atoms with Crippen LogP contribution in [0.25, 0.3) is 0 Å². The number of terminal acetylenes is 1. The van der Waals surface area contributed by atoms with E-state index in [0.717, 1.165) is 25.0 Å². The Balaban J connectivity index is 1.69. The molecule has 22 heavy (non-hydrogen) atoms. The van der Waals surface area contributed by atoms with Crippen LogP contribution in [0, 0.1) is 12.3 Å². The van der Waals surface area contributed by atoms with Gasteiger partial charge in [0.05, 0.1) is 18.9 Å². The highest BCUT2D eigenvalue weighted by atomic mass is 16.5. The van der Waals surface area contributed by atoms with Crippen LogP contribution in [0.4, 0.5) is 0 Å². The lowest BCUT2D eigenvalue weighted by Crippen LogP contribution is -2.25. The van der Waals surface area contributed by atoms with Crippen LogP contribution in [-0.2, 0) is 6.42 Å². The predicted octanol–water partition coefficient (Wildman–Crippen LogP) is 2.15. The first kappa shape index (κ1) is 15.6. The van der Waals surface area contributed by atoms with Gasteiger partial charge in [-0.25, -0.2) is 0 Å². The van der Waals surface area contributed by atoms with Crippen LogP contribution in [-0.4, -0.2) is 29.8 Å². The molecule has 0 spiro atoms. The third-order valence-corrected chi connectivity index (χ3v) is 3.36. The van der Waals surface area contributed by atoms with E-state index >= 15 is 0 Å². The van der Waals surface area contributed by atoms with E-state index in [9.17, 15) is 4.79 Å². The summed E-state index contributed by atoms with van der Waals surface area (Å²) in [5.41, 5.74) is 2.09. The van der Waals surface area contributed by atoms with Gasteiger partial charge in [0.15, 0.2) is 0 Å². The van der Waals surface area contributed by atoms with Crippen molar-refractivity contribution in [2.24, 2.45) is 0 Å². The van der Waals surface area contributed by atoms with E-state index in [0.29, 0.717) is 17.8 Å². The van der Waals surface area contributed by atoms with Gasteiger partial charge in [-0.3, -0.25) is 9.89 Å². The van der Waals surface area contributed by atoms with Gasteiger partial charge in [-0.05, 0) is 37.0 Å². The second kappa shape index (κ2) is 7.89. The number of hydrogen-bond donors (Lipinski definition) is 2. The smallest absolute Gasteiger partial charge is 0.270 e. The highest BCUT2D eigenvalue weighted by Gasteiger charge is 2.11. The van der Waals surface area contributed by atoms with Crippen LogP contribution in [0.2, 0.25) is 0 Å². The number of carbonyl (C=O) groups is 1. The maximum absolute atomic E-state index is 11.9. The molecule has 0 aliphatic heterocycles. The number of nitrogens with zero attached hydrogens (tertiary/aromatic N) is 1. The molecule has 0 bridgehead atoms. The minimum Gasteiger partial charge on any atom is -0.497 e. The summed E-state index contributed by atoms with van der Waals surface area (Å²) in [4.78, 5) is 11.9. The van der Waals surface area contributed by atoms with Crippen molar-refractivity contribution >= 4 is 5.91 Å². The molecule has 2 N–H and O–H groups in total. The third kappa shape index (κ3) is 4.13. The van der Waals surface area contributed by atoms with E-state index in [1.165, 1.54) is 11.8 Å². The summed E-state index contributed by atoms with van der Waals surface area (Å²) in [5, 5.41) is 9.23. The number of hydrogen-bond acceptors (Lipinski definition) is 3. The number of H-pyrrole nitrogens is 1. The molecular weight excluding hydrogens is 278 g/mol. The fourth-order valence-electron chi connectivity index (χ4n) is 2.11. The molecule has 0 atom stereocenters. The number of carbonyl (C=O) groups excluding carboxylic acids is 1. The monoisotopic (exact) mass is 297 g/mol. The van der Waals surface area contributed by atoms with Crippen LogP contribution >= 0.6 is 0 Å². The van der Waals surface area contributed by atoms with Crippen molar-refractivity contribution in [3.63, 3.8) is 0 Å². The molecule has 5 heteroatoms. The number of aromatic nitrogens is 2. The molecule has 2 aromatic rings. The summed E-state index contributed by atoms with van der Waals surface area (Å²) in [6.45, 7) is 0.609. The van der Waals surface area contributed by atoms with E-state index in [1.807, 2.05) is 12.1 Å². The van der Waals surface area contributed by atoms with Gasteiger partial charge in [0.25, 0.3) is 5.91 Å². The molecular formula is C17H19N3O2. The summed E-state index contributed by atoms with van der Waals surface area (Å²) in [6.07, 6.45) is 9.64. The molecule has 0 radical (unpaired) electrons. The van der Waals surface area contributed by atoms with Gasteiger partial charge in [0.1, 0.15) is 11.4 Å². The Hall–Kier alpha value is -2.74. The van der Waals surface area contributed by atoms with Crippen molar-refractivity contribution in [1.82, 2.24) is 15.5 Å². The van der Waals surface area contributed by atoms with Crippen LogP contribution in [0.1, 0.15) is 34.5 Å². The average molecular weight is 297 g/mol. The number of unbranched alkanes of at least 4 members (excludes halogenated alkanes) is 1. The van der Waals surface area contributed by atoms with Gasteiger partial charge in [0.2, 0.25) is 0 Å². The molecule has 2 rings (SSSR count). The van der Waals surface area contributed by atoms with Gasteiger partial charge in [-0.2, -0.15) is 5.10 Å². The maximum atomic E-state index is 11.9. The first-order chi connectivity index (χ1) is 10.7. The molecule has 0 fully saturated rings. The Morgan fingerprint density at radius 3 is 2.82 bits per heavy atom. The van der Waals surface area contributed by atoms with Gasteiger partial charge in [-0.15, -0.1) is 6.42 Å². The Bertz CT molecular complexity index is 653. The fourth-order valence-corrected chi connectivity index (χ4v) is 2.11. The number of methoxy groups -OCH3 is 1. The molecule has 0 aliphatic rings. The van der Waals surface area contributed by atoms with Crippen LogP contribution < -0.4 is 10.1 Å². The SMILES string of the molecule is C#Cc1cn[nH]c1C(=O)NCCCCc1ccc(OC)cc1. The quantitative estimate of drug-likeness (QED) is 0.608. The first-order valence-electron chi connectivity index (χ1n) is 7.15. The number of aryl methyl sites for hydroxylation is 1. The van der Waals surface area contributed by atoms with E-state index in [-0.39, 0.29) is 5.91 Å². The second-order valence-electron chi connectivity index (χ2n) is 4.86. The highest BCUT2D eigenvalue weighted by molar-refractivity contribution is 5.94. The van der Waals surface area contributed by atoms with Gasteiger partial charge < -0.3 is 10.1 Å². The molecule has 5 nitrogen and oxygen atoms in total. The number of benzene rings is 1. The second-order valence-corrected chi connectivity index (χ2v) is 4.86. The summed E-state index contributed by atoms with van der Waals surface area (Å²) in [7, 11) is 1.66. The number of nitrogens with one attached hydrogen (secondary N) is 2. The van der Waals surface area contributed by atoms with E-state index in [4.69, 9.17) is 11.2 Å². The van der Waals surface area contributed by atoms with E-state index in [1.54, 1.807) is 7.11 Å². The Kier molecular flexibility index (Phi) is 5.61. The van der Waals surface area contributed by atoms with Crippen molar-refractivity contribution in [1.29, 1.82) is 0 Å². The zero-order valence-electron chi connectivity index (χ0n) is 12.6. The van der Waals surface area contributed by atoms with Crippen molar-refractivity contribution in [2.45, 2.75) is 19.3 Å². The highest BCUT2D eigenvalue weighted by Crippen LogP contribution is 2.13. The Morgan fingerprint density at radius 1 is 1.36 bits per heavy atom. The number of ether oxygens (including phenoxy) is 1. The largest absolute Gasteiger partial charge is 0.497 e. The van der Waals surface area contributed by atoms with Crippen LogP contribution in [0.3, 0.4) is 0 Å². The minimum absolute atomic E-state index is 0.213. The van der Waals surface area contributed by atoms with Crippen molar-refractivity contribution < 1.29 is 9.53 Å². The lowest BCUT2D eigenvalue weighted by atomic mass is 10.1. The van der Waals surface area contributed by atoms with Gasteiger partial charge >= 0.3 is 0 Å². The summed E-state index contributed by atoms with van der Waals surface area (Å²) < 4.78 is 5.12. The van der Waals surface area contributed by atoms with E-state index in [2.05, 4.69) is 33.6 Å². The molecule has 0 saturated carbocycles. The van der Waals surface area contributed by atoms with Crippen molar-refractivity contribution in [2.75, 3.05) is 13.7 Å². The molecule has 1 aromatic carbocycles. The molecule has 1 aromatic heterocycles. The molecule has 0 aliphatic carbocycles. The number of amides is 1. The molecule has 0 saturated heterocycles. The average Bonchev–Trinajstić information content (AvgIpc) is 3.03. The zero-order valence-corrected chi connectivity index (χ0v) is 12.6. The minimum atomic E-state index is -0.213. The van der Waals surface area contributed by atoms with Crippen molar-refractivity contribution in [3.8, 4) is 18.1 Å². The molecule has 1 heterocycles. The third-order valence-electron chi connectivity index (χ3n) is 3.36. The summed E-state index contributed by atoms with van der Waals surface area (Å²) in [5.74, 6) is 3.07. The molecule has 1 amide bonds. The topological polar surface area (TPSA) is 67.0 Å². The molecule has 114 valence electrons. The lowest BCUT2D eigenvalue weighted by molar-refractivity contribution is 0.0948. The van der Waals surface area contributed by atoms with Crippen LogP contribution in [0.5, 0.6) is 5.75 Å². The van der Waals surface area contributed by atoms with Gasteiger partial charge in [0, 0.05) is 6.54 Å². The summed E-state index contributed by atoms with van der Waals surface area (Å²) >= 11 is 0. The predicted molar refractivity (Wildman–Crippen MR) is 84.8 cm³/mol. The number of aromatic amines is 1. The number of rotatable bonds is 7. The van der Waals surface area contributed by atoms with Gasteiger partial charge in [-0.1, -0.05) is 18.1 Å². The van der Waals surface area contributed by atoms with Crippen molar-refractivity contribution in [3.05, 3.63) is 47.3 Å². The normalized spacial score (nSPS) is 10.0. The Labute approximate surface area is 130 Å². The first-order valence-corrected chi connectivity index (χ1v) is 7.15. The summed E-state index contributed by atoms with van der Waals surface area (Å²) in [6, 6.07) is 8.02. The fraction of sp³-hybridized carbons (Fsp3) is 0.294. The molecule has 0 unspecified atom stereocenters. The maximum Gasteiger partial charge on any atom is 0.270 e. The standard InChI is InChI=1S/C17H19N3O2/c1-3-14-12-19-20-16(14)17(21)18-11-5-4-6-13-7-9-15(22-2)10-8-13/h1,7-10,12H,4-6,11H2,2H3,(H,18,21)(H,19,20).